The number of carbonyl (C=O) groups is 1. The molecule has 0 amide bonds. The summed E-state index contributed by atoms with van der Waals surface area (Å²) in [5.41, 5.74) is 2.43. The summed E-state index contributed by atoms with van der Waals surface area (Å²) in [6.07, 6.45) is 17.2. The van der Waals surface area contributed by atoms with Gasteiger partial charge < -0.3 is 9.47 Å². The monoisotopic (exact) mass is 472 g/mol. The predicted octanol–water partition coefficient (Wildman–Crippen LogP) is 8.96. The van der Waals surface area contributed by atoms with Gasteiger partial charge in [-0.05, 0) is 97.7 Å². The van der Waals surface area contributed by atoms with Crippen molar-refractivity contribution in [3.63, 3.8) is 0 Å². The van der Waals surface area contributed by atoms with Crippen LogP contribution in [-0.4, -0.2) is 18.9 Å². The van der Waals surface area contributed by atoms with Crippen LogP contribution in [-0.2, 0) is 9.47 Å². The van der Waals surface area contributed by atoms with Gasteiger partial charge in [-0.1, -0.05) is 72.5 Å². The number of fused-ring (bicyclic) bond motifs is 5. The summed E-state index contributed by atoms with van der Waals surface area (Å²) < 4.78 is 10.9. The molecule has 4 aliphatic rings. The molecule has 0 spiro atoms. The zero-order valence-electron chi connectivity index (χ0n) is 23.0. The lowest BCUT2D eigenvalue weighted by molar-refractivity contribution is -0.0616. The summed E-state index contributed by atoms with van der Waals surface area (Å²) in [6, 6.07) is 0. The zero-order chi connectivity index (χ0) is 24.5. The molecule has 0 heterocycles. The lowest BCUT2D eigenvalue weighted by Gasteiger charge is -2.58. The second-order valence-corrected chi connectivity index (χ2v) is 13.4. The van der Waals surface area contributed by atoms with Crippen LogP contribution in [0.4, 0.5) is 4.79 Å². The Labute approximate surface area is 209 Å². The zero-order valence-corrected chi connectivity index (χ0v) is 23.0. The fourth-order valence-electron chi connectivity index (χ4n) is 9.11. The van der Waals surface area contributed by atoms with Crippen molar-refractivity contribution in [3.05, 3.63) is 11.6 Å². The molecule has 3 nitrogen and oxygen atoms in total. The maximum Gasteiger partial charge on any atom is 0.508 e. The quantitative estimate of drug-likeness (QED) is 0.261. The molecular weight excluding hydrogens is 420 g/mol. The van der Waals surface area contributed by atoms with E-state index in [0.29, 0.717) is 17.4 Å². The van der Waals surface area contributed by atoms with Crippen LogP contribution in [0.25, 0.3) is 0 Å². The number of hydrogen-bond acceptors (Lipinski definition) is 3. The van der Waals surface area contributed by atoms with Crippen molar-refractivity contribution in [1.82, 2.24) is 0 Å². The van der Waals surface area contributed by atoms with E-state index in [4.69, 9.17) is 9.47 Å². The van der Waals surface area contributed by atoms with Crippen molar-refractivity contribution < 1.29 is 14.3 Å². The average molecular weight is 473 g/mol. The minimum Gasteiger partial charge on any atom is -0.434 e. The van der Waals surface area contributed by atoms with Crippen LogP contribution in [0.3, 0.4) is 0 Å². The summed E-state index contributed by atoms with van der Waals surface area (Å²) in [4.78, 5) is 12.0. The van der Waals surface area contributed by atoms with E-state index in [2.05, 4.69) is 40.7 Å². The highest BCUT2D eigenvalue weighted by Gasteiger charge is 2.59. The van der Waals surface area contributed by atoms with Crippen LogP contribution in [0.1, 0.15) is 119 Å². The first-order valence-corrected chi connectivity index (χ1v) is 14.7. The molecule has 3 fully saturated rings. The van der Waals surface area contributed by atoms with Crippen LogP contribution in [0.5, 0.6) is 0 Å². The standard InChI is InChI=1S/C31H52O3/c1-7-19-33-29(32)34-24-15-17-30(5)23(20-24)11-12-25-27-14-13-26(22(4)10-8-9-21(2)3)31(27,6)18-16-28(25)30/h11,21-22,24-28H,7-10,12-20H2,1-6H3. The highest BCUT2D eigenvalue weighted by molar-refractivity contribution is 5.60. The molecule has 8 unspecified atom stereocenters. The van der Waals surface area contributed by atoms with Crippen LogP contribution < -0.4 is 0 Å². The van der Waals surface area contributed by atoms with E-state index in [9.17, 15) is 4.79 Å². The molecule has 8 atom stereocenters. The number of ether oxygens (including phenoxy) is 2. The molecule has 194 valence electrons. The first-order chi connectivity index (χ1) is 16.2. The summed E-state index contributed by atoms with van der Waals surface area (Å²) in [5, 5.41) is 0. The number of hydrogen-bond donors (Lipinski definition) is 0. The fraction of sp³-hybridized carbons (Fsp3) is 0.903. The van der Waals surface area contributed by atoms with E-state index in [1.807, 2.05) is 6.92 Å². The largest absolute Gasteiger partial charge is 0.508 e. The Hall–Kier alpha value is -0.990. The van der Waals surface area contributed by atoms with Gasteiger partial charge in [0.15, 0.2) is 0 Å². The van der Waals surface area contributed by atoms with E-state index in [-0.39, 0.29) is 6.10 Å². The molecule has 0 aliphatic heterocycles. The third-order valence-electron chi connectivity index (χ3n) is 10.9. The SMILES string of the molecule is CCCOC(=O)OC1CCC2(C)C(=CCC3C2CCC2(C)C(C(C)CCCC(C)C)CCC32)C1. The van der Waals surface area contributed by atoms with Gasteiger partial charge in [0.2, 0.25) is 0 Å². The van der Waals surface area contributed by atoms with Gasteiger partial charge in [0, 0.05) is 6.42 Å². The maximum absolute atomic E-state index is 12.0. The van der Waals surface area contributed by atoms with E-state index >= 15 is 0 Å². The second kappa shape index (κ2) is 10.6. The fourth-order valence-corrected chi connectivity index (χ4v) is 9.11. The Morgan fingerprint density at radius 1 is 1.06 bits per heavy atom. The topological polar surface area (TPSA) is 35.5 Å². The van der Waals surface area contributed by atoms with Gasteiger partial charge in [0.1, 0.15) is 6.10 Å². The van der Waals surface area contributed by atoms with Crippen molar-refractivity contribution in [2.24, 2.45) is 46.3 Å². The van der Waals surface area contributed by atoms with Gasteiger partial charge in [-0.3, -0.25) is 0 Å². The Balaban J connectivity index is 1.41. The molecule has 0 bridgehead atoms. The number of allylic oxidation sites excluding steroid dienone is 1. The number of rotatable bonds is 8. The van der Waals surface area contributed by atoms with E-state index in [0.717, 1.165) is 61.2 Å². The van der Waals surface area contributed by atoms with Crippen LogP contribution in [0, 0.1) is 46.3 Å². The summed E-state index contributed by atoms with van der Waals surface area (Å²) >= 11 is 0. The smallest absolute Gasteiger partial charge is 0.434 e. The van der Waals surface area contributed by atoms with Gasteiger partial charge in [-0.25, -0.2) is 4.79 Å². The highest BCUT2D eigenvalue weighted by atomic mass is 16.7. The molecule has 0 saturated heterocycles. The molecule has 3 saturated carbocycles. The third-order valence-corrected chi connectivity index (χ3v) is 10.9. The van der Waals surface area contributed by atoms with Crippen molar-refractivity contribution in [2.45, 2.75) is 125 Å². The molecule has 34 heavy (non-hydrogen) atoms. The Bertz CT molecular complexity index is 741. The molecule has 4 aliphatic carbocycles. The molecule has 4 rings (SSSR count). The Kier molecular flexibility index (Phi) is 8.10. The van der Waals surface area contributed by atoms with E-state index in [1.165, 1.54) is 51.4 Å². The first-order valence-electron chi connectivity index (χ1n) is 14.7. The molecular formula is C31H52O3. The van der Waals surface area contributed by atoms with Gasteiger partial charge in [-0.15, -0.1) is 0 Å². The average Bonchev–Trinajstić information content (AvgIpc) is 3.15. The van der Waals surface area contributed by atoms with Crippen LogP contribution in [0.15, 0.2) is 11.6 Å². The minimum absolute atomic E-state index is 0.00311. The third kappa shape index (κ3) is 4.96. The van der Waals surface area contributed by atoms with Crippen molar-refractivity contribution >= 4 is 6.16 Å². The molecule has 0 aromatic carbocycles. The summed E-state index contributed by atoms with van der Waals surface area (Å²) in [6.45, 7) is 15.0. The van der Waals surface area contributed by atoms with Gasteiger partial charge in [-0.2, -0.15) is 0 Å². The predicted molar refractivity (Wildman–Crippen MR) is 140 cm³/mol. The maximum atomic E-state index is 12.0. The van der Waals surface area contributed by atoms with Crippen LogP contribution >= 0.6 is 0 Å². The molecule has 3 heteroatoms. The minimum atomic E-state index is -0.474. The summed E-state index contributed by atoms with van der Waals surface area (Å²) in [5.74, 6) is 5.19. The number of carbonyl (C=O) groups excluding carboxylic acids is 1. The normalized spacial score (nSPS) is 40.1. The Morgan fingerprint density at radius 3 is 2.59 bits per heavy atom. The van der Waals surface area contributed by atoms with Crippen molar-refractivity contribution in [3.8, 4) is 0 Å². The first kappa shape index (κ1) is 26.1. The molecule has 0 aromatic heterocycles. The Morgan fingerprint density at radius 2 is 1.85 bits per heavy atom. The van der Waals surface area contributed by atoms with Gasteiger partial charge in [0.25, 0.3) is 0 Å². The second-order valence-electron chi connectivity index (χ2n) is 13.4. The molecule has 0 aromatic rings. The lowest BCUT2D eigenvalue weighted by Crippen LogP contribution is -2.51. The lowest BCUT2D eigenvalue weighted by atomic mass is 9.47. The van der Waals surface area contributed by atoms with Crippen molar-refractivity contribution in [2.75, 3.05) is 6.61 Å². The van der Waals surface area contributed by atoms with Crippen molar-refractivity contribution in [1.29, 1.82) is 0 Å². The van der Waals surface area contributed by atoms with Gasteiger partial charge in [0.05, 0.1) is 6.61 Å². The van der Waals surface area contributed by atoms with E-state index in [1.54, 1.807) is 5.57 Å². The molecule has 0 radical (unpaired) electrons. The summed E-state index contributed by atoms with van der Waals surface area (Å²) in [7, 11) is 0. The molecule has 0 N–H and O–H groups in total. The van der Waals surface area contributed by atoms with E-state index < -0.39 is 6.16 Å². The van der Waals surface area contributed by atoms with Gasteiger partial charge >= 0.3 is 6.16 Å². The highest BCUT2D eigenvalue weighted by Crippen LogP contribution is 2.67. The van der Waals surface area contributed by atoms with Crippen LogP contribution in [0.2, 0.25) is 0 Å².